The summed E-state index contributed by atoms with van der Waals surface area (Å²) >= 11 is 0. The van der Waals surface area contributed by atoms with Crippen LogP contribution in [-0.4, -0.2) is 35.6 Å². The van der Waals surface area contributed by atoms with E-state index < -0.39 is 5.97 Å². The van der Waals surface area contributed by atoms with Crippen molar-refractivity contribution >= 4 is 5.97 Å². The van der Waals surface area contributed by atoms with Gasteiger partial charge in [0, 0.05) is 5.92 Å². The number of hydrogen-bond acceptors (Lipinski definition) is 2. The van der Waals surface area contributed by atoms with Crippen molar-refractivity contribution in [2.24, 2.45) is 5.92 Å². The lowest BCUT2D eigenvalue weighted by Crippen LogP contribution is -2.36. The molecule has 66 valence electrons. The molecule has 0 aromatic heterocycles. The van der Waals surface area contributed by atoms with Gasteiger partial charge in [-0.3, -0.25) is 9.69 Å². The first-order chi connectivity index (χ1) is 5.72. The predicted molar refractivity (Wildman–Crippen MR) is 45.6 cm³/mol. The first-order valence-corrected chi connectivity index (χ1v) is 4.12. The van der Waals surface area contributed by atoms with E-state index in [1.807, 2.05) is 4.90 Å². The normalized spacial score (nSPS) is 20.2. The van der Waals surface area contributed by atoms with Crippen LogP contribution in [0.25, 0.3) is 0 Å². The fourth-order valence-corrected chi connectivity index (χ4v) is 1.45. The molecule has 0 unspecified atom stereocenters. The van der Waals surface area contributed by atoms with E-state index in [4.69, 9.17) is 11.5 Å². The highest BCUT2D eigenvalue weighted by molar-refractivity contribution is 5.69. The average molecular weight is 167 g/mol. The van der Waals surface area contributed by atoms with E-state index in [1.54, 1.807) is 0 Å². The predicted octanol–water partition coefficient (Wildman–Crippen LogP) is 0.416. The molecule has 1 N–H and O–H groups in total. The van der Waals surface area contributed by atoms with Crippen LogP contribution < -0.4 is 0 Å². The molecule has 0 bridgehead atoms. The Morgan fingerprint density at radius 3 is 2.58 bits per heavy atom. The van der Waals surface area contributed by atoms with E-state index in [2.05, 4.69) is 5.92 Å². The summed E-state index contributed by atoms with van der Waals surface area (Å²) in [6, 6.07) is 0. The average Bonchev–Trinajstić information content (AvgIpc) is 2.05. The number of rotatable bonds is 2. The van der Waals surface area contributed by atoms with Crippen LogP contribution in [-0.2, 0) is 4.79 Å². The van der Waals surface area contributed by atoms with Gasteiger partial charge < -0.3 is 5.11 Å². The van der Waals surface area contributed by atoms with Gasteiger partial charge in [0.15, 0.2) is 0 Å². The van der Waals surface area contributed by atoms with Gasteiger partial charge in [-0.2, -0.15) is 0 Å². The number of nitrogens with zero attached hydrogens (tertiary/aromatic N) is 1. The number of carbonyl (C=O) groups is 1. The van der Waals surface area contributed by atoms with Crippen molar-refractivity contribution in [2.45, 2.75) is 12.8 Å². The van der Waals surface area contributed by atoms with Gasteiger partial charge in [0.1, 0.15) is 0 Å². The number of aliphatic carboxylic acids is 1. The van der Waals surface area contributed by atoms with E-state index >= 15 is 0 Å². The number of hydrogen-bond donors (Lipinski definition) is 1. The minimum Gasteiger partial charge on any atom is -0.480 e. The minimum absolute atomic E-state index is 0.150. The van der Waals surface area contributed by atoms with E-state index in [0.717, 1.165) is 25.9 Å². The second-order valence-electron chi connectivity index (χ2n) is 3.11. The molecule has 0 amide bonds. The van der Waals surface area contributed by atoms with Crippen LogP contribution >= 0.6 is 0 Å². The summed E-state index contributed by atoms with van der Waals surface area (Å²) in [5.74, 6) is 2.30. The maximum atomic E-state index is 10.3. The number of likely N-dealkylation sites (tertiary alicyclic amines) is 1. The molecular weight excluding hydrogens is 154 g/mol. The van der Waals surface area contributed by atoms with Crippen molar-refractivity contribution in [2.75, 3.05) is 19.6 Å². The summed E-state index contributed by atoms with van der Waals surface area (Å²) < 4.78 is 0. The molecule has 0 spiro atoms. The topological polar surface area (TPSA) is 40.5 Å². The zero-order valence-electron chi connectivity index (χ0n) is 6.99. The van der Waals surface area contributed by atoms with Gasteiger partial charge >= 0.3 is 5.97 Å². The highest BCUT2D eigenvalue weighted by Gasteiger charge is 2.18. The van der Waals surface area contributed by atoms with Gasteiger partial charge in [0.05, 0.1) is 6.54 Å². The van der Waals surface area contributed by atoms with Crippen molar-refractivity contribution in [3.05, 3.63) is 0 Å². The number of terminal acetylenes is 1. The van der Waals surface area contributed by atoms with Crippen molar-refractivity contribution in [3.63, 3.8) is 0 Å². The number of carboxylic acid groups (broad SMARTS) is 1. The Balaban J connectivity index is 2.27. The molecule has 0 aromatic rings. The van der Waals surface area contributed by atoms with E-state index in [1.165, 1.54) is 0 Å². The van der Waals surface area contributed by atoms with Crippen LogP contribution in [0, 0.1) is 18.3 Å². The fraction of sp³-hybridized carbons (Fsp3) is 0.667. The lowest BCUT2D eigenvalue weighted by molar-refractivity contribution is -0.138. The highest BCUT2D eigenvalue weighted by atomic mass is 16.4. The van der Waals surface area contributed by atoms with Crippen LogP contribution in [0.2, 0.25) is 0 Å². The van der Waals surface area contributed by atoms with Gasteiger partial charge in [0.2, 0.25) is 0 Å². The van der Waals surface area contributed by atoms with Crippen molar-refractivity contribution in [1.29, 1.82) is 0 Å². The second kappa shape index (κ2) is 4.13. The molecule has 12 heavy (non-hydrogen) atoms. The third-order valence-electron chi connectivity index (χ3n) is 2.18. The Hall–Kier alpha value is -1.01. The Morgan fingerprint density at radius 2 is 2.17 bits per heavy atom. The van der Waals surface area contributed by atoms with Gasteiger partial charge in [-0.05, 0) is 25.9 Å². The molecule has 1 aliphatic heterocycles. The first-order valence-electron chi connectivity index (χ1n) is 4.12. The lowest BCUT2D eigenvalue weighted by Gasteiger charge is -2.27. The zero-order valence-corrected chi connectivity index (χ0v) is 6.99. The van der Waals surface area contributed by atoms with Crippen LogP contribution in [0.1, 0.15) is 12.8 Å². The molecule has 0 aromatic carbocycles. The van der Waals surface area contributed by atoms with Crippen LogP contribution in [0.5, 0.6) is 0 Å². The number of carboxylic acids is 1. The van der Waals surface area contributed by atoms with Gasteiger partial charge in [0.25, 0.3) is 0 Å². The third-order valence-corrected chi connectivity index (χ3v) is 2.18. The molecule has 1 saturated heterocycles. The minimum atomic E-state index is -0.755. The van der Waals surface area contributed by atoms with E-state index in [9.17, 15) is 4.79 Å². The van der Waals surface area contributed by atoms with Crippen molar-refractivity contribution < 1.29 is 9.90 Å². The smallest absolute Gasteiger partial charge is 0.317 e. The molecule has 0 aliphatic carbocycles. The van der Waals surface area contributed by atoms with Crippen molar-refractivity contribution in [1.82, 2.24) is 4.90 Å². The first kappa shape index (κ1) is 9.08. The van der Waals surface area contributed by atoms with Crippen LogP contribution in [0.4, 0.5) is 0 Å². The molecule has 0 saturated carbocycles. The fourth-order valence-electron chi connectivity index (χ4n) is 1.45. The highest BCUT2D eigenvalue weighted by Crippen LogP contribution is 2.15. The molecule has 1 fully saturated rings. The van der Waals surface area contributed by atoms with E-state index in [-0.39, 0.29) is 6.54 Å². The molecule has 3 nitrogen and oxygen atoms in total. The zero-order chi connectivity index (χ0) is 8.97. The third kappa shape index (κ3) is 2.55. The Labute approximate surface area is 72.4 Å². The summed E-state index contributed by atoms with van der Waals surface area (Å²) in [5.41, 5.74) is 0. The summed E-state index contributed by atoms with van der Waals surface area (Å²) in [7, 11) is 0. The summed E-state index contributed by atoms with van der Waals surface area (Å²) in [6.07, 6.45) is 7.13. The summed E-state index contributed by atoms with van der Waals surface area (Å²) in [5, 5.41) is 8.51. The van der Waals surface area contributed by atoms with Crippen LogP contribution in [0.15, 0.2) is 0 Å². The molecule has 0 radical (unpaired) electrons. The second-order valence-corrected chi connectivity index (χ2v) is 3.11. The van der Waals surface area contributed by atoms with Crippen molar-refractivity contribution in [3.8, 4) is 12.3 Å². The van der Waals surface area contributed by atoms with Gasteiger partial charge in [-0.15, -0.1) is 12.3 Å². The molecule has 1 aliphatic rings. The van der Waals surface area contributed by atoms with Gasteiger partial charge in [-0.1, -0.05) is 0 Å². The molecular formula is C9H13NO2. The SMILES string of the molecule is C#CC1CCN(CC(=O)O)CC1. The molecule has 1 rings (SSSR count). The Morgan fingerprint density at radius 1 is 1.58 bits per heavy atom. The Bertz CT molecular complexity index is 199. The van der Waals surface area contributed by atoms with E-state index in [0.29, 0.717) is 5.92 Å². The number of piperidine rings is 1. The Kier molecular flexibility index (Phi) is 3.12. The molecule has 0 atom stereocenters. The lowest BCUT2D eigenvalue weighted by atomic mass is 9.98. The largest absolute Gasteiger partial charge is 0.480 e. The quantitative estimate of drug-likeness (QED) is 0.606. The standard InChI is InChI=1S/C9H13NO2/c1-2-8-3-5-10(6-4-8)7-9(11)12/h1,8H,3-7H2,(H,11,12). The summed E-state index contributed by atoms with van der Waals surface area (Å²) in [6.45, 7) is 1.79. The maximum absolute atomic E-state index is 10.3. The summed E-state index contributed by atoms with van der Waals surface area (Å²) in [4.78, 5) is 12.3. The maximum Gasteiger partial charge on any atom is 0.317 e. The van der Waals surface area contributed by atoms with Crippen LogP contribution in [0.3, 0.4) is 0 Å². The molecule has 3 heteroatoms. The monoisotopic (exact) mass is 167 g/mol. The van der Waals surface area contributed by atoms with Gasteiger partial charge in [-0.25, -0.2) is 0 Å². The molecule has 1 heterocycles.